The number of anilines is 1. The lowest BCUT2D eigenvalue weighted by atomic mass is 10.1. The van der Waals surface area contributed by atoms with Gasteiger partial charge in [0.25, 0.3) is 0 Å². The highest BCUT2D eigenvalue weighted by molar-refractivity contribution is 7.89. The molecule has 0 bridgehead atoms. The maximum absolute atomic E-state index is 12.1. The summed E-state index contributed by atoms with van der Waals surface area (Å²) >= 11 is 5.86. The molecule has 7 nitrogen and oxygen atoms in total. The van der Waals surface area contributed by atoms with Crippen LogP contribution < -0.4 is 10.0 Å². The molecule has 1 aliphatic rings. The van der Waals surface area contributed by atoms with E-state index in [9.17, 15) is 23.1 Å². The molecule has 1 saturated heterocycles. The molecule has 0 aromatic heterocycles. The number of primary sulfonamides is 1. The summed E-state index contributed by atoms with van der Waals surface area (Å²) in [6.45, 7) is 1.76. The molecular weight excluding hydrogens is 332 g/mol. The number of aryl methyl sites for hydroxylation is 1. The minimum atomic E-state index is -3.70. The number of carboxylic acids is 1. The van der Waals surface area contributed by atoms with Crippen molar-refractivity contribution in [2.24, 2.45) is 11.1 Å². The molecule has 3 N–H and O–H groups in total. The van der Waals surface area contributed by atoms with Gasteiger partial charge in [-0.1, -0.05) is 11.6 Å². The Morgan fingerprint density at radius 3 is 2.68 bits per heavy atom. The summed E-state index contributed by atoms with van der Waals surface area (Å²) in [5.74, 6) is -2.31. The molecule has 1 aromatic rings. The second-order valence-electron chi connectivity index (χ2n) is 5.33. The van der Waals surface area contributed by atoms with Gasteiger partial charge >= 0.3 is 5.97 Å². The van der Waals surface area contributed by atoms with Gasteiger partial charge in [-0.15, -0.1) is 0 Å². The number of carbonyl (C=O) groups is 2. The van der Waals surface area contributed by atoms with Crippen LogP contribution in [0.4, 0.5) is 5.69 Å². The molecule has 2 rings (SSSR count). The second kappa shape index (κ2) is 5.86. The lowest BCUT2D eigenvalue weighted by Crippen LogP contribution is -2.29. The number of hydrogen-bond acceptors (Lipinski definition) is 4. The number of sulfonamides is 1. The van der Waals surface area contributed by atoms with Crippen LogP contribution in [-0.2, 0) is 14.8 Å². The molecule has 22 heavy (non-hydrogen) atoms. The van der Waals surface area contributed by atoms with Gasteiger partial charge in [-0.3, -0.25) is 4.79 Å². The first-order chi connectivity index (χ1) is 10.1. The Kier molecular flexibility index (Phi) is 4.46. The fraction of sp³-hybridized carbons (Fsp3) is 0.385. The summed E-state index contributed by atoms with van der Waals surface area (Å²) < 4.78 is 22.3. The summed E-state index contributed by atoms with van der Waals surface area (Å²) in [7, 11) is -3.70. The molecule has 1 amide bonds. The van der Waals surface area contributed by atoms with Gasteiger partial charge in [-0.2, -0.15) is 0 Å². The van der Waals surface area contributed by atoms with E-state index in [1.165, 1.54) is 11.0 Å². The topological polar surface area (TPSA) is 118 Å². The number of hydrogen-bond donors (Lipinski definition) is 2. The molecule has 1 aliphatic heterocycles. The van der Waals surface area contributed by atoms with E-state index >= 15 is 0 Å². The van der Waals surface area contributed by atoms with Gasteiger partial charge in [0.15, 0.2) is 0 Å². The summed E-state index contributed by atoms with van der Waals surface area (Å²) in [6, 6.07) is 2.83. The van der Waals surface area contributed by atoms with E-state index in [-0.39, 0.29) is 40.9 Å². The van der Waals surface area contributed by atoms with Gasteiger partial charge in [-0.25, -0.2) is 18.4 Å². The zero-order valence-corrected chi connectivity index (χ0v) is 13.3. The van der Waals surface area contributed by atoms with E-state index in [0.717, 1.165) is 0 Å². The van der Waals surface area contributed by atoms with Gasteiger partial charge in [0.1, 0.15) is 0 Å². The summed E-state index contributed by atoms with van der Waals surface area (Å²) in [4.78, 5) is 24.8. The quantitative estimate of drug-likeness (QED) is 0.842. The molecule has 0 saturated carbocycles. The van der Waals surface area contributed by atoms with E-state index in [1.54, 1.807) is 13.0 Å². The number of amides is 1. The van der Waals surface area contributed by atoms with E-state index in [1.807, 2.05) is 0 Å². The lowest BCUT2D eigenvalue weighted by Gasteiger charge is -2.21. The number of rotatable bonds is 4. The molecule has 0 spiro atoms. The standard InChI is InChI=1S/C13H15ClN2O5S/c1-7-2-9(14)4-10(13(18)19)12(7)16-5-8(3-11(16)17)6-22(15,20)21/h2,4,8H,3,5-6H2,1H3,(H,18,19)(H2,15,20,21). The molecule has 120 valence electrons. The van der Waals surface area contributed by atoms with Crippen LogP contribution in [0, 0.1) is 12.8 Å². The third kappa shape index (κ3) is 3.57. The first-order valence-electron chi connectivity index (χ1n) is 6.42. The highest BCUT2D eigenvalue weighted by Gasteiger charge is 2.35. The predicted molar refractivity (Wildman–Crippen MR) is 81.6 cm³/mol. The molecule has 1 fully saturated rings. The Morgan fingerprint density at radius 1 is 1.50 bits per heavy atom. The SMILES string of the molecule is Cc1cc(Cl)cc(C(=O)O)c1N1CC(CS(N)(=O)=O)CC1=O. The predicted octanol–water partition coefficient (Wildman–Crippen LogP) is 0.988. The number of benzene rings is 1. The van der Waals surface area contributed by atoms with Crippen molar-refractivity contribution in [2.45, 2.75) is 13.3 Å². The molecule has 0 radical (unpaired) electrons. The largest absolute Gasteiger partial charge is 0.478 e. The van der Waals surface area contributed by atoms with Crippen molar-refractivity contribution < 1.29 is 23.1 Å². The van der Waals surface area contributed by atoms with Crippen molar-refractivity contribution in [1.82, 2.24) is 0 Å². The molecular formula is C13H15ClN2O5S. The second-order valence-corrected chi connectivity index (χ2v) is 7.42. The van der Waals surface area contributed by atoms with Crippen LogP contribution in [0.1, 0.15) is 22.3 Å². The molecule has 1 atom stereocenters. The van der Waals surface area contributed by atoms with Gasteiger partial charge in [-0.05, 0) is 24.6 Å². The monoisotopic (exact) mass is 346 g/mol. The van der Waals surface area contributed by atoms with Crippen LogP contribution in [0.3, 0.4) is 0 Å². The fourth-order valence-electron chi connectivity index (χ4n) is 2.69. The highest BCUT2D eigenvalue weighted by atomic mass is 35.5. The average Bonchev–Trinajstić information content (AvgIpc) is 2.66. The smallest absolute Gasteiger partial charge is 0.337 e. The third-order valence-corrected chi connectivity index (χ3v) is 4.59. The zero-order valence-electron chi connectivity index (χ0n) is 11.7. The molecule has 9 heteroatoms. The minimum Gasteiger partial charge on any atom is -0.478 e. The fourth-order valence-corrected chi connectivity index (χ4v) is 3.85. The van der Waals surface area contributed by atoms with Gasteiger partial charge in [0.05, 0.1) is 17.0 Å². The van der Waals surface area contributed by atoms with E-state index in [2.05, 4.69) is 0 Å². The maximum atomic E-state index is 12.1. The summed E-state index contributed by atoms with van der Waals surface area (Å²) in [5, 5.41) is 14.6. The van der Waals surface area contributed by atoms with Crippen LogP contribution in [-0.4, -0.2) is 37.7 Å². The molecule has 1 unspecified atom stereocenters. The number of aromatic carboxylic acids is 1. The van der Waals surface area contributed by atoms with Crippen LogP contribution in [0.5, 0.6) is 0 Å². The van der Waals surface area contributed by atoms with Gasteiger partial charge in [0, 0.05) is 23.9 Å². The number of carbonyl (C=O) groups excluding carboxylic acids is 1. The number of nitrogens with zero attached hydrogens (tertiary/aromatic N) is 1. The van der Waals surface area contributed by atoms with Crippen molar-refractivity contribution in [3.63, 3.8) is 0 Å². The average molecular weight is 347 g/mol. The van der Waals surface area contributed by atoms with Gasteiger partial charge in [0.2, 0.25) is 15.9 Å². The number of nitrogens with two attached hydrogens (primary N) is 1. The number of carboxylic acid groups (broad SMARTS) is 1. The highest BCUT2D eigenvalue weighted by Crippen LogP contribution is 2.33. The van der Waals surface area contributed by atoms with Crippen LogP contribution in [0.25, 0.3) is 0 Å². The van der Waals surface area contributed by atoms with E-state index in [0.29, 0.717) is 5.56 Å². The van der Waals surface area contributed by atoms with Crippen LogP contribution in [0.2, 0.25) is 5.02 Å². The van der Waals surface area contributed by atoms with Crippen LogP contribution >= 0.6 is 11.6 Å². The van der Waals surface area contributed by atoms with Crippen molar-refractivity contribution in [1.29, 1.82) is 0 Å². The van der Waals surface area contributed by atoms with Crippen LogP contribution in [0.15, 0.2) is 12.1 Å². The first-order valence-corrected chi connectivity index (χ1v) is 8.52. The zero-order chi connectivity index (χ0) is 16.7. The van der Waals surface area contributed by atoms with E-state index < -0.39 is 21.9 Å². The Hall–Kier alpha value is -1.64. The maximum Gasteiger partial charge on any atom is 0.337 e. The molecule has 1 heterocycles. The van der Waals surface area contributed by atoms with Crippen molar-refractivity contribution in [3.05, 3.63) is 28.3 Å². The Bertz CT molecular complexity index is 747. The lowest BCUT2D eigenvalue weighted by molar-refractivity contribution is -0.117. The molecule has 0 aliphatic carbocycles. The van der Waals surface area contributed by atoms with E-state index in [4.69, 9.17) is 16.7 Å². The third-order valence-electron chi connectivity index (χ3n) is 3.44. The first kappa shape index (κ1) is 16.7. The molecule has 1 aromatic carbocycles. The minimum absolute atomic E-state index is 0.0115. The van der Waals surface area contributed by atoms with Crippen molar-refractivity contribution in [2.75, 3.05) is 17.2 Å². The van der Waals surface area contributed by atoms with Crippen molar-refractivity contribution >= 4 is 39.2 Å². The van der Waals surface area contributed by atoms with Crippen molar-refractivity contribution in [3.8, 4) is 0 Å². The Labute approximate surface area is 132 Å². The Morgan fingerprint density at radius 2 is 2.14 bits per heavy atom. The number of halogens is 1. The Balaban J connectivity index is 2.40. The van der Waals surface area contributed by atoms with Gasteiger partial charge < -0.3 is 10.0 Å². The summed E-state index contributed by atoms with van der Waals surface area (Å²) in [6.07, 6.45) is 0.0115. The summed E-state index contributed by atoms with van der Waals surface area (Å²) in [5.41, 5.74) is 0.697. The normalized spacial score (nSPS) is 18.8.